The number of alkyl halides is 1. The Balaban J connectivity index is 2.06. The Hall–Kier alpha value is -0.280. The number of carbonyl (C=O) groups is 1. The molecule has 0 saturated carbocycles. The van der Waals surface area contributed by atoms with E-state index in [0.29, 0.717) is 18.3 Å². The van der Waals surface area contributed by atoms with Gasteiger partial charge in [-0.3, -0.25) is 4.79 Å². The monoisotopic (exact) mass is 218 g/mol. The molecule has 0 aliphatic carbocycles. The topological polar surface area (TPSA) is 41.1 Å². The second kappa shape index (κ2) is 7.07. The molecule has 0 atom stereocenters. The van der Waals surface area contributed by atoms with Crippen molar-refractivity contribution < 1.29 is 4.79 Å². The number of halogens is 1. The summed E-state index contributed by atoms with van der Waals surface area (Å²) >= 11 is 5.54. The lowest BCUT2D eigenvalue weighted by Gasteiger charge is -2.23. The van der Waals surface area contributed by atoms with Crippen LogP contribution in [-0.4, -0.2) is 30.9 Å². The second-order valence-electron chi connectivity index (χ2n) is 3.74. The lowest BCUT2D eigenvalue weighted by molar-refractivity contribution is -0.122. The summed E-state index contributed by atoms with van der Waals surface area (Å²) < 4.78 is 0. The number of carbonyl (C=O) groups excluding carboxylic acids is 1. The number of unbranched alkanes of at least 4 members (excludes halogenated alkanes) is 1. The molecule has 0 aromatic carbocycles. The molecule has 1 fully saturated rings. The van der Waals surface area contributed by atoms with Crippen molar-refractivity contribution in [3.63, 3.8) is 0 Å². The van der Waals surface area contributed by atoms with Gasteiger partial charge in [-0.05, 0) is 38.8 Å². The van der Waals surface area contributed by atoms with Gasteiger partial charge in [-0.1, -0.05) is 0 Å². The smallest absolute Gasteiger partial charge is 0.220 e. The zero-order chi connectivity index (χ0) is 10.2. The van der Waals surface area contributed by atoms with E-state index in [0.717, 1.165) is 38.8 Å². The normalized spacial score (nSPS) is 18.1. The lowest BCUT2D eigenvalue weighted by Crippen LogP contribution is -2.42. The third kappa shape index (κ3) is 4.82. The first kappa shape index (κ1) is 11.8. The molecule has 1 heterocycles. The summed E-state index contributed by atoms with van der Waals surface area (Å²) in [5, 5.41) is 6.33. The zero-order valence-electron chi connectivity index (χ0n) is 8.52. The van der Waals surface area contributed by atoms with E-state index in [9.17, 15) is 4.79 Å². The van der Waals surface area contributed by atoms with Crippen molar-refractivity contribution in [2.75, 3.05) is 19.0 Å². The molecule has 1 aliphatic rings. The highest BCUT2D eigenvalue weighted by Crippen LogP contribution is 2.03. The van der Waals surface area contributed by atoms with Crippen LogP contribution < -0.4 is 10.6 Å². The molecule has 0 spiro atoms. The first-order valence-corrected chi connectivity index (χ1v) is 5.92. The molecule has 0 bridgehead atoms. The molecular formula is C10H19ClN2O. The summed E-state index contributed by atoms with van der Waals surface area (Å²) in [6, 6.07) is 0.389. The number of nitrogens with one attached hydrogen (secondary N) is 2. The van der Waals surface area contributed by atoms with Gasteiger partial charge < -0.3 is 10.6 Å². The van der Waals surface area contributed by atoms with Crippen LogP contribution in [0.2, 0.25) is 0 Å². The molecule has 1 rings (SSSR count). The van der Waals surface area contributed by atoms with Crippen molar-refractivity contribution in [2.45, 2.75) is 38.1 Å². The van der Waals surface area contributed by atoms with E-state index in [4.69, 9.17) is 11.6 Å². The third-order valence-electron chi connectivity index (χ3n) is 2.49. The van der Waals surface area contributed by atoms with Crippen molar-refractivity contribution in [3.8, 4) is 0 Å². The molecule has 4 heteroatoms. The highest BCUT2D eigenvalue weighted by molar-refractivity contribution is 6.17. The second-order valence-corrected chi connectivity index (χ2v) is 4.12. The lowest BCUT2D eigenvalue weighted by atomic mass is 10.1. The van der Waals surface area contributed by atoms with Crippen molar-refractivity contribution in [3.05, 3.63) is 0 Å². The molecular weight excluding hydrogens is 200 g/mol. The zero-order valence-corrected chi connectivity index (χ0v) is 9.28. The number of piperidine rings is 1. The van der Waals surface area contributed by atoms with Crippen LogP contribution in [0.4, 0.5) is 0 Å². The van der Waals surface area contributed by atoms with E-state index in [1.54, 1.807) is 0 Å². The first-order chi connectivity index (χ1) is 6.83. The first-order valence-electron chi connectivity index (χ1n) is 5.39. The molecule has 1 aliphatic heterocycles. The number of rotatable bonds is 5. The minimum Gasteiger partial charge on any atom is -0.353 e. The Morgan fingerprint density at radius 2 is 2.07 bits per heavy atom. The van der Waals surface area contributed by atoms with Gasteiger partial charge in [0.25, 0.3) is 0 Å². The molecule has 1 saturated heterocycles. The number of hydrogen-bond acceptors (Lipinski definition) is 2. The van der Waals surface area contributed by atoms with Crippen molar-refractivity contribution in [1.29, 1.82) is 0 Å². The van der Waals surface area contributed by atoms with Crippen LogP contribution in [0.1, 0.15) is 32.1 Å². The number of hydrogen-bond donors (Lipinski definition) is 2. The van der Waals surface area contributed by atoms with Gasteiger partial charge in [0.15, 0.2) is 0 Å². The predicted molar refractivity (Wildman–Crippen MR) is 58.6 cm³/mol. The minimum atomic E-state index is 0.182. The maximum absolute atomic E-state index is 11.4. The highest BCUT2D eigenvalue weighted by Gasteiger charge is 2.14. The van der Waals surface area contributed by atoms with E-state index in [2.05, 4.69) is 10.6 Å². The Bertz CT molecular complexity index is 170. The van der Waals surface area contributed by atoms with Gasteiger partial charge in [0, 0.05) is 18.3 Å². The van der Waals surface area contributed by atoms with Crippen LogP contribution in [0, 0.1) is 0 Å². The molecule has 2 N–H and O–H groups in total. The van der Waals surface area contributed by atoms with E-state index in [-0.39, 0.29) is 5.91 Å². The fraction of sp³-hybridized carbons (Fsp3) is 0.900. The van der Waals surface area contributed by atoms with Crippen LogP contribution in [-0.2, 0) is 4.79 Å². The Morgan fingerprint density at radius 1 is 1.36 bits per heavy atom. The molecule has 0 radical (unpaired) electrons. The van der Waals surface area contributed by atoms with Gasteiger partial charge in [-0.25, -0.2) is 0 Å². The van der Waals surface area contributed by atoms with Gasteiger partial charge >= 0.3 is 0 Å². The summed E-state index contributed by atoms with van der Waals surface area (Å²) in [7, 11) is 0. The molecule has 0 aromatic rings. The van der Waals surface area contributed by atoms with Gasteiger partial charge in [-0.15, -0.1) is 11.6 Å². The van der Waals surface area contributed by atoms with Crippen LogP contribution in [0.5, 0.6) is 0 Å². The largest absolute Gasteiger partial charge is 0.353 e. The highest BCUT2D eigenvalue weighted by atomic mass is 35.5. The molecule has 0 aromatic heterocycles. The summed E-state index contributed by atoms with van der Waals surface area (Å²) in [4.78, 5) is 11.4. The summed E-state index contributed by atoms with van der Waals surface area (Å²) in [6.45, 7) is 2.04. The van der Waals surface area contributed by atoms with Crippen LogP contribution in [0.3, 0.4) is 0 Å². The summed E-state index contributed by atoms with van der Waals surface area (Å²) in [5.41, 5.74) is 0. The SMILES string of the molecule is O=C(CCCCCl)NC1CCNCC1. The molecule has 0 unspecified atom stereocenters. The average Bonchev–Trinajstić information content (AvgIpc) is 2.20. The van der Waals surface area contributed by atoms with E-state index >= 15 is 0 Å². The van der Waals surface area contributed by atoms with Crippen LogP contribution in [0.25, 0.3) is 0 Å². The maximum atomic E-state index is 11.4. The average molecular weight is 219 g/mol. The predicted octanol–water partition coefficient (Wildman–Crippen LogP) is 1.26. The Kier molecular flexibility index (Phi) is 5.96. The molecule has 1 amide bonds. The molecule has 14 heavy (non-hydrogen) atoms. The standard InChI is InChI=1S/C10H19ClN2O/c11-6-2-1-3-10(14)13-9-4-7-12-8-5-9/h9,12H,1-8H2,(H,13,14). The fourth-order valence-corrected chi connectivity index (χ4v) is 1.84. The van der Waals surface area contributed by atoms with Gasteiger partial charge in [0.2, 0.25) is 5.91 Å². The minimum absolute atomic E-state index is 0.182. The van der Waals surface area contributed by atoms with E-state index in [1.807, 2.05) is 0 Å². The van der Waals surface area contributed by atoms with Gasteiger partial charge in [-0.2, -0.15) is 0 Å². The Morgan fingerprint density at radius 3 is 2.71 bits per heavy atom. The van der Waals surface area contributed by atoms with Crippen LogP contribution >= 0.6 is 11.6 Å². The van der Waals surface area contributed by atoms with E-state index in [1.165, 1.54) is 0 Å². The Labute approximate surface area is 90.6 Å². The third-order valence-corrected chi connectivity index (χ3v) is 2.76. The fourth-order valence-electron chi connectivity index (χ4n) is 1.65. The molecule has 82 valence electrons. The van der Waals surface area contributed by atoms with E-state index < -0.39 is 0 Å². The van der Waals surface area contributed by atoms with Crippen molar-refractivity contribution in [1.82, 2.24) is 10.6 Å². The summed E-state index contributed by atoms with van der Waals surface area (Å²) in [6.07, 6.45) is 4.57. The van der Waals surface area contributed by atoms with Crippen LogP contribution in [0.15, 0.2) is 0 Å². The maximum Gasteiger partial charge on any atom is 0.220 e. The quantitative estimate of drug-likeness (QED) is 0.539. The van der Waals surface area contributed by atoms with Crippen molar-refractivity contribution in [2.24, 2.45) is 0 Å². The number of amides is 1. The van der Waals surface area contributed by atoms with Gasteiger partial charge in [0.1, 0.15) is 0 Å². The van der Waals surface area contributed by atoms with Crippen molar-refractivity contribution >= 4 is 17.5 Å². The molecule has 3 nitrogen and oxygen atoms in total. The summed E-state index contributed by atoms with van der Waals surface area (Å²) in [5.74, 6) is 0.836. The van der Waals surface area contributed by atoms with Gasteiger partial charge in [0.05, 0.1) is 0 Å².